The summed E-state index contributed by atoms with van der Waals surface area (Å²) >= 11 is 0. The molecular weight excluding hydrogens is 293 g/mol. The highest BCUT2D eigenvalue weighted by molar-refractivity contribution is 7.89. The Balaban J connectivity index is 2.41. The number of nitrogens with two attached hydrogens (primary N) is 1. The zero-order valence-electron chi connectivity index (χ0n) is 12.4. The Morgan fingerprint density at radius 1 is 1.38 bits per heavy atom. The standard InChI is InChI=1S/C14H22FN3O2S/c1-11-10-17(2)6-3-7-18(11)21(19,20)14-8-12(9-16)4-5-13(14)15/h4-5,8,11H,3,6-7,9-10,16H2,1-2H3. The molecule has 1 aliphatic heterocycles. The van der Waals surface area contributed by atoms with Gasteiger partial charge in [0.1, 0.15) is 10.7 Å². The maximum absolute atomic E-state index is 14.0. The van der Waals surface area contributed by atoms with Crippen molar-refractivity contribution in [2.45, 2.75) is 30.8 Å². The van der Waals surface area contributed by atoms with Crippen molar-refractivity contribution in [3.05, 3.63) is 29.6 Å². The van der Waals surface area contributed by atoms with Gasteiger partial charge in [0.2, 0.25) is 10.0 Å². The van der Waals surface area contributed by atoms with Crippen molar-refractivity contribution in [1.29, 1.82) is 0 Å². The molecule has 0 aromatic heterocycles. The predicted octanol–water partition coefficient (Wildman–Crippen LogP) is 0.999. The fraction of sp³-hybridized carbons (Fsp3) is 0.571. The lowest BCUT2D eigenvalue weighted by Gasteiger charge is -2.27. The molecular formula is C14H22FN3O2S. The van der Waals surface area contributed by atoms with Crippen LogP contribution in [-0.4, -0.2) is 50.3 Å². The summed E-state index contributed by atoms with van der Waals surface area (Å²) in [4.78, 5) is 1.81. The molecule has 0 saturated carbocycles. The lowest BCUT2D eigenvalue weighted by molar-refractivity contribution is 0.290. The Morgan fingerprint density at radius 2 is 2.10 bits per heavy atom. The Bertz CT molecular complexity index is 606. The SMILES string of the molecule is CC1CN(C)CCCN1S(=O)(=O)c1cc(CN)ccc1F. The summed E-state index contributed by atoms with van der Waals surface area (Å²) in [6.07, 6.45) is 0.734. The van der Waals surface area contributed by atoms with E-state index in [1.54, 1.807) is 0 Å². The Kier molecular flexibility index (Phi) is 4.98. The van der Waals surface area contributed by atoms with E-state index < -0.39 is 15.8 Å². The number of rotatable bonds is 3. The molecule has 2 rings (SSSR count). The van der Waals surface area contributed by atoms with Gasteiger partial charge < -0.3 is 10.6 Å². The molecule has 0 aliphatic carbocycles. The molecule has 0 bridgehead atoms. The zero-order chi connectivity index (χ0) is 15.6. The smallest absolute Gasteiger partial charge is 0.246 e. The zero-order valence-corrected chi connectivity index (χ0v) is 13.2. The first-order chi connectivity index (χ1) is 9.86. The summed E-state index contributed by atoms with van der Waals surface area (Å²) < 4.78 is 40.9. The van der Waals surface area contributed by atoms with Crippen LogP contribution in [0.15, 0.2) is 23.1 Å². The minimum atomic E-state index is -3.85. The van der Waals surface area contributed by atoms with Crippen LogP contribution in [0.2, 0.25) is 0 Å². The van der Waals surface area contributed by atoms with Gasteiger partial charge in [-0.15, -0.1) is 0 Å². The number of sulfonamides is 1. The monoisotopic (exact) mass is 315 g/mol. The van der Waals surface area contributed by atoms with E-state index in [1.165, 1.54) is 22.5 Å². The van der Waals surface area contributed by atoms with Crippen molar-refractivity contribution in [1.82, 2.24) is 9.21 Å². The molecule has 1 aliphatic rings. The van der Waals surface area contributed by atoms with Crippen LogP contribution in [0.1, 0.15) is 18.9 Å². The van der Waals surface area contributed by atoms with E-state index >= 15 is 0 Å². The maximum Gasteiger partial charge on any atom is 0.246 e. The van der Waals surface area contributed by atoms with Crippen LogP contribution in [-0.2, 0) is 16.6 Å². The molecule has 1 heterocycles. The van der Waals surface area contributed by atoms with Gasteiger partial charge in [-0.3, -0.25) is 0 Å². The molecule has 21 heavy (non-hydrogen) atoms. The molecule has 1 saturated heterocycles. The van der Waals surface area contributed by atoms with E-state index in [4.69, 9.17) is 5.73 Å². The minimum Gasteiger partial charge on any atom is -0.326 e. The number of nitrogens with zero attached hydrogens (tertiary/aromatic N) is 2. The molecule has 1 aromatic carbocycles. The number of halogens is 1. The van der Waals surface area contributed by atoms with E-state index in [0.29, 0.717) is 18.7 Å². The van der Waals surface area contributed by atoms with Gasteiger partial charge in [0.15, 0.2) is 0 Å². The molecule has 1 atom stereocenters. The van der Waals surface area contributed by atoms with Gasteiger partial charge in [-0.1, -0.05) is 6.07 Å². The van der Waals surface area contributed by atoms with Crippen LogP contribution >= 0.6 is 0 Å². The normalized spacial score (nSPS) is 22.2. The van der Waals surface area contributed by atoms with Crippen LogP contribution < -0.4 is 5.73 Å². The first-order valence-corrected chi connectivity index (χ1v) is 8.49. The number of benzene rings is 1. The lowest BCUT2D eigenvalue weighted by atomic mass is 10.2. The first kappa shape index (κ1) is 16.4. The molecule has 0 spiro atoms. The van der Waals surface area contributed by atoms with E-state index in [0.717, 1.165) is 13.0 Å². The second-order valence-electron chi connectivity index (χ2n) is 5.55. The third-order valence-corrected chi connectivity index (χ3v) is 5.83. The summed E-state index contributed by atoms with van der Waals surface area (Å²) in [5, 5.41) is 0. The predicted molar refractivity (Wildman–Crippen MR) is 79.8 cm³/mol. The second-order valence-corrected chi connectivity index (χ2v) is 7.41. The topological polar surface area (TPSA) is 66.6 Å². The second kappa shape index (κ2) is 6.39. The number of hydrogen-bond acceptors (Lipinski definition) is 4. The highest BCUT2D eigenvalue weighted by atomic mass is 32.2. The van der Waals surface area contributed by atoms with Crippen LogP contribution in [0.3, 0.4) is 0 Å². The third kappa shape index (κ3) is 3.42. The highest BCUT2D eigenvalue weighted by Gasteiger charge is 2.33. The summed E-state index contributed by atoms with van der Waals surface area (Å²) in [6, 6.07) is 3.83. The summed E-state index contributed by atoms with van der Waals surface area (Å²) in [7, 11) is -1.88. The summed E-state index contributed by atoms with van der Waals surface area (Å²) in [6.45, 7) is 3.91. The fourth-order valence-electron chi connectivity index (χ4n) is 2.71. The van der Waals surface area contributed by atoms with Crippen molar-refractivity contribution < 1.29 is 12.8 Å². The average Bonchev–Trinajstić information content (AvgIpc) is 2.60. The average molecular weight is 315 g/mol. The van der Waals surface area contributed by atoms with E-state index in [1.807, 2.05) is 14.0 Å². The molecule has 1 unspecified atom stereocenters. The van der Waals surface area contributed by atoms with Gasteiger partial charge in [0.25, 0.3) is 0 Å². The minimum absolute atomic E-state index is 0.182. The molecule has 1 aromatic rings. The quantitative estimate of drug-likeness (QED) is 0.903. The Morgan fingerprint density at radius 3 is 2.76 bits per heavy atom. The van der Waals surface area contributed by atoms with Crippen LogP contribution in [0.25, 0.3) is 0 Å². The number of hydrogen-bond donors (Lipinski definition) is 1. The molecule has 1 fully saturated rings. The number of likely N-dealkylation sites (N-methyl/N-ethyl adjacent to an activating group) is 1. The van der Waals surface area contributed by atoms with Gasteiger partial charge in [-0.25, -0.2) is 12.8 Å². The van der Waals surface area contributed by atoms with E-state index in [9.17, 15) is 12.8 Å². The molecule has 0 amide bonds. The van der Waals surface area contributed by atoms with Gasteiger partial charge in [0, 0.05) is 25.7 Å². The van der Waals surface area contributed by atoms with E-state index in [-0.39, 0.29) is 17.5 Å². The highest BCUT2D eigenvalue weighted by Crippen LogP contribution is 2.24. The van der Waals surface area contributed by atoms with Crippen LogP contribution in [0, 0.1) is 5.82 Å². The molecule has 0 radical (unpaired) electrons. The largest absolute Gasteiger partial charge is 0.326 e. The lowest BCUT2D eigenvalue weighted by Crippen LogP contribution is -2.42. The van der Waals surface area contributed by atoms with E-state index in [2.05, 4.69) is 4.90 Å². The maximum atomic E-state index is 14.0. The molecule has 2 N–H and O–H groups in total. The summed E-state index contributed by atoms with van der Waals surface area (Å²) in [5.41, 5.74) is 6.13. The van der Waals surface area contributed by atoms with Gasteiger partial charge in [-0.2, -0.15) is 4.31 Å². The van der Waals surface area contributed by atoms with Crippen molar-refractivity contribution in [3.63, 3.8) is 0 Å². The first-order valence-electron chi connectivity index (χ1n) is 7.05. The molecule has 7 heteroatoms. The van der Waals surface area contributed by atoms with Gasteiger partial charge >= 0.3 is 0 Å². The Labute approximate surface area is 125 Å². The third-order valence-electron chi connectivity index (χ3n) is 3.80. The molecule has 5 nitrogen and oxygen atoms in total. The van der Waals surface area contributed by atoms with Crippen molar-refractivity contribution >= 4 is 10.0 Å². The fourth-order valence-corrected chi connectivity index (χ4v) is 4.48. The summed E-state index contributed by atoms with van der Waals surface area (Å²) in [5.74, 6) is -0.725. The van der Waals surface area contributed by atoms with Crippen LogP contribution in [0.5, 0.6) is 0 Å². The molecule has 118 valence electrons. The van der Waals surface area contributed by atoms with Crippen molar-refractivity contribution in [2.75, 3.05) is 26.7 Å². The van der Waals surface area contributed by atoms with Crippen molar-refractivity contribution in [2.24, 2.45) is 5.73 Å². The van der Waals surface area contributed by atoms with Gasteiger partial charge in [0.05, 0.1) is 0 Å². The Hall–Kier alpha value is -1.02. The van der Waals surface area contributed by atoms with Crippen molar-refractivity contribution in [3.8, 4) is 0 Å². The van der Waals surface area contributed by atoms with Gasteiger partial charge in [-0.05, 0) is 44.6 Å². The van der Waals surface area contributed by atoms with Crippen LogP contribution in [0.4, 0.5) is 4.39 Å².